The SMILES string of the molecule is CCOCCCn1c(C)c(C)c(C#N)c1NC=C(C#N)C#N. The Morgan fingerprint density at radius 1 is 1.27 bits per heavy atom. The van der Waals surface area contributed by atoms with Gasteiger partial charge in [0.25, 0.3) is 0 Å². The minimum atomic E-state index is -0.0405. The van der Waals surface area contributed by atoms with Gasteiger partial charge in [-0.1, -0.05) is 0 Å². The number of nitrogens with one attached hydrogen (secondary N) is 1. The van der Waals surface area contributed by atoms with Crippen molar-refractivity contribution in [1.82, 2.24) is 4.57 Å². The Morgan fingerprint density at radius 3 is 2.50 bits per heavy atom. The van der Waals surface area contributed by atoms with E-state index >= 15 is 0 Å². The van der Waals surface area contributed by atoms with E-state index in [1.807, 2.05) is 25.3 Å². The largest absolute Gasteiger partial charge is 0.382 e. The second kappa shape index (κ2) is 8.52. The third kappa shape index (κ3) is 3.88. The summed E-state index contributed by atoms with van der Waals surface area (Å²) < 4.78 is 7.32. The Balaban J connectivity index is 3.10. The Hall–Kier alpha value is -2.75. The lowest BCUT2D eigenvalue weighted by molar-refractivity contribution is 0.141. The number of hydrogen-bond acceptors (Lipinski definition) is 5. The Morgan fingerprint density at radius 2 is 1.95 bits per heavy atom. The van der Waals surface area contributed by atoms with E-state index in [0.717, 1.165) is 17.7 Å². The highest BCUT2D eigenvalue weighted by Crippen LogP contribution is 2.26. The molecule has 0 saturated carbocycles. The topological polar surface area (TPSA) is 97.6 Å². The average molecular weight is 297 g/mol. The van der Waals surface area contributed by atoms with E-state index in [0.29, 0.717) is 31.1 Å². The fourth-order valence-electron chi connectivity index (χ4n) is 2.13. The Labute approximate surface area is 130 Å². The van der Waals surface area contributed by atoms with E-state index in [2.05, 4.69) is 11.4 Å². The van der Waals surface area contributed by atoms with E-state index in [9.17, 15) is 5.26 Å². The maximum atomic E-state index is 9.35. The zero-order valence-corrected chi connectivity index (χ0v) is 13.1. The Kier molecular flexibility index (Phi) is 6.70. The molecule has 0 saturated heterocycles. The fourth-order valence-corrected chi connectivity index (χ4v) is 2.13. The van der Waals surface area contributed by atoms with Crippen LogP contribution in [-0.2, 0) is 11.3 Å². The smallest absolute Gasteiger partial charge is 0.145 e. The van der Waals surface area contributed by atoms with Gasteiger partial charge in [-0.3, -0.25) is 0 Å². The summed E-state index contributed by atoms with van der Waals surface area (Å²) in [6, 6.07) is 5.75. The van der Waals surface area contributed by atoms with Crippen LogP contribution < -0.4 is 5.32 Å². The van der Waals surface area contributed by atoms with Gasteiger partial charge < -0.3 is 14.6 Å². The predicted octanol–water partition coefficient (Wildman–Crippen LogP) is 2.75. The summed E-state index contributed by atoms with van der Waals surface area (Å²) in [6.45, 7) is 7.79. The van der Waals surface area contributed by atoms with Crippen LogP contribution in [0.2, 0.25) is 0 Å². The van der Waals surface area contributed by atoms with Crippen molar-refractivity contribution in [3.63, 3.8) is 0 Å². The zero-order valence-electron chi connectivity index (χ0n) is 13.1. The first-order chi connectivity index (χ1) is 10.6. The third-order valence-corrected chi connectivity index (χ3v) is 3.41. The molecule has 114 valence electrons. The molecule has 0 fully saturated rings. The molecule has 0 aromatic carbocycles. The van der Waals surface area contributed by atoms with Gasteiger partial charge in [-0.15, -0.1) is 0 Å². The summed E-state index contributed by atoms with van der Waals surface area (Å²) >= 11 is 0. The van der Waals surface area contributed by atoms with Gasteiger partial charge >= 0.3 is 0 Å². The van der Waals surface area contributed by atoms with Gasteiger partial charge in [0.05, 0.1) is 5.56 Å². The van der Waals surface area contributed by atoms with Crippen LogP contribution >= 0.6 is 0 Å². The van der Waals surface area contributed by atoms with Gasteiger partial charge in [-0.05, 0) is 32.8 Å². The van der Waals surface area contributed by atoms with Crippen molar-refractivity contribution in [3.05, 3.63) is 28.6 Å². The van der Waals surface area contributed by atoms with E-state index in [4.69, 9.17) is 15.3 Å². The van der Waals surface area contributed by atoms with Crippen molar-refractivity contribution >= 4 is 5.82 Å². The fraction of sp³-hybridized carbons (Fsp3) is 0.438. The molecule has 0 atom stereocenters. The van der Waals surface area contributed by atoms with Crippen molar-refractivity contribution in [2.75, 3.05) is 18.5 Å². The van der Waals surface area contributed by atoms with Gasteiger partial charge in [0.15, 0.2) is 0 Å². The quantitative estimate of drug-likeness (QED) is 0.616. The molecule has 22 heavy (non-hydrogen) atoms. The first-order valence-electron chi connectivity index (χ1n) is 7.05. The van der Waals surface area contributed by atoms with Crippen molar-refractivity contribution in [2.24, 2.45) is 0 Å². The van der Waals surface area contributed by atoms with Crippen molar-refractivity contribution in [2.45, 2.75) is 33.7 Å². The van der Waals surface area contributed by atoms with Crippen LogP contribution in [0.4, 0.5) is 5.82 Å². The third-order valence-electron chi connectivity index (χ3n) is 3.41. The molecule has 1 aromatic rings. The lowest BCUT2D eigenvalue weighted by Crippen LogP contribution is -2.08. The second-order valence-electron chi connectivity index (χ2n) is 4.67. The summed E-state index contributed by atoms with van der Waals surface area (Å²) in [5.41, 5.74) is 2.37. The molecule has 0 amide bonds. The molecule has 1 aromatic heterocycles. The van der Waals surface area contributed by atoms with Gasteiger partial charge in [0.1, 0.15) is 29.6 Å². The molecule has 0 radical (unpaired) electrons. The van der Waals surface area contributed by atoms with Crippen molar-refractivity contribution in [1.29, 1.82) is 15.8 Å². The number of anilines is 1. The number of rotatable bonds is 7. The lowest BCUT2D eigenvalue weighted by atomic mass is 10.2. The molecular formula is C16H19N5O. The summed E-state index contributed by atoms with van der Waals surface area (Å²) in [4.78, 5) is 0. The maximum Gasteiger partial charge on any atom is 0.145 e. The van der Waals surface area contributed by atoms with Crippen LogP contribution in [-0.4, -0.2) is 17.8 Å². The maximum absolute atomic E-state index is 9.35. The van der Waals surface area contributed by atoms with E-state index in [1.165, 1.54) is 6.20 Å². The second-order valence-corrected chi connectivity index (χ2v) is 4.67. The van der Waals surface area contributed by atoms with Gasteiger partial charge in [-0.2, -0.15) is 15.8 Å². The lowest BCUT2D eigenvalue weighted by Gasteiger charge is -2.11. The van der Waals surface area contributed by atoms with Gasteiger partial charge in [0.2, 0.25) is 0 Å². The molecule has 1 rings (SSSR count). The monoisotopic (exact) mass is 297 g/mol. The number of allylic oxidation sites excluding steroid dienone is 1. The first-order valence-corrected chi connectivity index (χ1v) is 7.05. The van der Waals surface area contributed by atoms with Crippen molar-refractivity contribution in [3.8, 4) is 18.2 Å². The number of nitriles is 3. The molecule has 1 N–H and O–H groups in total. The Bertz CT molecular complexity index is 663. The molecule has 0 aliphatic rings. The number of nitrogens with zero attached hydrogens (tertiary/aromatic N) is 4. The highest BCUT2D eigenvalue weighted by Gasteiger charge is 2.16. The predicted molar refractivity (Wildman–Crippen MR) is 82.7 cm³/mol. The molecule has 6 nitrogen and oxygen atoms in total. The number of ether oxygens (including phenoxy) is 1. The summed E-state index contributed by atoms with van der Waals surface area (Å²) in [7, 11) is 0. The van der Waals surface area contributed by atoms with Crippen LogP contribution in [0, 0.1) is 47.8 Å². The van der Waals surface area contributed by atoms with Crippen LogP contribution in [0.3, 0.4) is 0 Å². The average Bonchev–Trinajstić information content (AvgIpc) is 2.76. The highest BCUT2D eigenvalue weighted by atomic mass is 16.5. The summed E-state index contributed by atoms with van der Waals surface area (Å²) in [6.07, 6.45) is 2.14. The molecule has 0 bridgehead atoms. The van der Waals surface area contributed by atoms with E-state index in [1.54, 1.807) is 12.1 Å². The minimum Gasteiger partial charge on any atom is -0.382 e. The van der Waals surface area contributed by atoms with Gasteiger partial charge in [0, 0.05) is 31.7 Å². The standard InChI is InChI=1S/C16H19N5O/c1-4-22-7-5-6-21-13(3)12(2)15(10-19)16(21)20-11-14(8-17)9-18/h11,20H,4-7H2,1-3H3. The zero-order chi connectivity index (χ0) is 16.5. The van der Waals surface area contributed by atoms with E-state index < -0.39 is 0 Å². The normalized spacial score (nSPS) is 9.45. The molecule has 6 heteroatoms. The van der Waals surface area contributed by atoms with E-state index in [-0.39, 0.29) is 5.57 Å². The minimum absolute atomic E-state index is 0.0405. The van der Waals surface area contributed by atoms with Crippen LogP contribution in [0.25, 0.3) is 0 Å². The van der Waals surface area contributed by atoms with Crippen LogP contribution in [0.5, 0.6) is 0 Å². The first kappa shape index (κ1) is 17.3. The van der Waals surface area contributed by atoms with Gasteiger partial charge in [-0.25, -0.2) is 0 Å². The molecule has 0 spiro atoms. The van der Waals surface area contributed by atoms with Crippen molar-refractivity contribution < 1.29 is 4.74 Å². The number of aromatic nitrogens is 1. The molecular weight excluding hydrogens is 278 g/mol. The number of hydrogen-bond donors (Lipinski definition) is 1. The molecule has 1 heterocycles. The summed E-state index contributed by atoms with van der Waals surface area (Å²) in [5, 5.41) is 29.9. The van der Waals surface area contributed by atoms with Crippen LogP contribution in [0.1, 0.15) is 30.2 Å². The molecule has 0 unspecified atom stereocenters. The van der Waals surface area contributed by atoms with Crippen LogP contribution in [0.15, 0.2) is 11.8 Å². The molecule has 0 aliphatic heterocycles. The molecule has 0 aliphatic carbocycles. The highest BCUT2D eigenvalue weighted by molar-refractivity contribution is 5.62. The summed E-state index contributed by atoms with van der Waals surface area (Å²) in [5.74, 6) is 0.608.